The summed E-state index contributed by atoms with van der Waals surface area (Å²) < 4.78 is 11.0. The molecule has 20 heavy (non-hydrogen) atoms. The van der Waals surface area contributed by atoms with Crippen molar-refractivity contribution in [3.05, 3.63) is 29.8 Å². The van der Waals surface area contributed by atoms with Crippen LogP contribution in [0.25, 0.3) is 0 Å². The van der Waals surface area contributed by atoms with Gasteiger partial charge in [-0.1, -0.05) is 12.1 Å². The lowest BCUT2D eigenvalue weighted by molar-refractivity contribution is 0.113. The van der Waals surface area contributed by atoms with E-state index in [1.54, 1.807) is 0 Å². The van der Waals surface area contributed by atoms with E-state index in [2.05, 4.69) is 41.4 Å². The standard InChI is InChI=1S/C16H24N2O2/c1-13-16(6-9-20-13)17-12-14-2-4-15(5-3-14)18-7-10-19-11-8-18/h2-5,13,16-17H,6-12H2,1H3. The minimum Gasteiger partial charge on any atom is -0.378 e. The SMILES string of the molecule is CC1OCCC1NCc1ccc(N2CCOCC2)cc1. The Morgan fingerprint density at radius 3 is 2.55 bits per heavy atom. The first kappa shape index (κ1) is 13.9. The van der Waals surface area contributed by atoms with Crippen molar-refractivity contribution in [2.24, 2.45) is 0 Å². The Hall–Kier alpha value is -1.10. The molecule has 1 N–H and O–H groups in total. The van der Waals surface area contributed by atoms with Crippen LogP contribution in [0.5, 0.6) is 0 Å². The average molecular weight is 276 g/mol. The Bertz CT molecular complexity index is 415. The monoisotopic (exact) mass is 276 g/mol. The van der Waals surface area contributed by atoms with Crippen molar-refractivity contribution >= 4 is 5.69 Å². The van der Waals surface area contributed by atoms with Gasteiger partial charge in [-0.25, -0.2) is 0 Å². The zero-order valence-electron chi connectivity index (χ0n) is 12.2. The van der Waals surface area contributed by atoms with Crippen molar-refractivity contribution in [1.82, 2.24) is 5.32 Å². The number of morpholine rings is 1. The summed E-state index contributed by atoms with van der Waals surface area (Å²) in [7, 11) is 0. The lowest BCUT2D eigenvalue weighted by Gasteiger charge is -2.29. The van der Waals surface area contributed by atoms with E-state index < -0.39 is 0 Å². The van der Waals surface area contributed by atoms with Crippen LogP contribution in [0.3, 0.4) is 0 Å². The molecule has 3 rings (SSSR count). The molecule has 0 radical (unpaired) electrons. The maximum atomic E-state index is 5.57. The molecule has 0 aliphatic carbocycles. The van der Waals surface area contributed by atoms with Gasteiger partial charge in [0.1, 0.15) is 0 Å². The Morgan fingerprint density at radius 1 is 1.15 bits per heavy atom. The number of nitrogens with one attached hydrogen (secondary N) is 1. The van der Waals surface area contributed by atoms with Gasteiger partial charge in [0.15, 0.2) is 0 Å². The third kappa shape index (κ3) is 3.32. The summed E-state index contributed by atoms with van der Waals surface area (Å²) in [6.07, 6.45) is 1.45. The number of benzene rings is 1. The molecule has 4 nitrogen and oxygen atoms in total. The first-order valence-electron chi connectivity index (χ1n) is 7.59. The lowest BCUT2D eigenvalue weighted by atomic mass is 10.1. The van der Waals surface area contributed by atoms with Gasteiger partial charge in [0.25, 0.3) is 0 Å². The zero-order chi connectivity index (χ0) is 13.8. The predicted octanol–water partition coefficient (Wildman–Crippen LogP) is 1.79. The normalized spacial score (nSPS) is 26.9. The van der Waals surface area contributed by atoms with Crippen LogP contribution in [-0.4, -0.2) is 45.1 Å². The third-order valence-electron chi connectivity index (χ3n) is 4.26. The lowest BCUT2D eigenvalue weighted by Crippen LogP contribution is -2.36. The molecule has 0 saturated carbocycles. The Kier molecular flexibility index (Phi) is 4.55. The van der Waals surface area contributed by atoms with E-state index in [1.165, 1.54) is 11.3 Å². The van der Waals surface area contributed by atoms with Crippen LogP contribution < -0.4 is 10.2 Å². The molecule has 2 heterocycles. The Morgan fingerprint density at radius 2 is 1.90 bits per heavy atom. The van der Waals surface area contributed by atoms with E-state index in [0.717, 1.165) is 45.9 Å². The maximum Gasteiger partial charge on any atom is 0.0700 e. The highest BCUT2D eigenvalue weighted by atomic mass is 16.5. The second-order valence-electron chi connectivity index (χ2n) is 5.62. The van der Waals surface area contributed by atoms with E-state index in [4.69, 9.17) is 9.47 Å². The molecule has 2 atom stereocenters. The van der Waals surface area contributed by atoms with Gasteiger partial charge in [0.2, 0.25) is 0 Å². The number of hydrogen-bond donors (Lipinski definition) is 1. The number of hydrogen-bond acceptors (Lipinski definition) is 4. The average Bonchev–Trinajstić information content (AvgIpc) is 2.92. The molecular weight excluding hydrogens is 252 g/mol. The van der Waals surface area contributed by atoms with Crippen molar-refractivity contribution < 1.29 is 9.47 Å². The first-order chi connectivity index (χ1) is 9.83. The van der Waals surface area contributed by atoms with E-state index in [-0.39, 0.29) is 0 Å². The number of rotatable bonds is 4. The van der Waals surface area contributed by atoms with Crippen molar-refractivity contribution in [1.29, 1.82) is 0 Å². The summed E-state index contributed by atoms with van der Waals surface area (Å²) in [6, 6.07) is 9.37. The third-order valence-corrected chi connectivity index (χ3v) is 4.26. The van der Waals surface area contributed by atoms with Gasteiger partial charge in [0.05, 0.1) is 19.3 Å². The number of ether oxygens (including phenoxy) is 2. The van der Waals surface area contributed by atoms with Gasteiger partial charge >= 0.3 is 0 Å². The maximum absolute atomic E-state index is 5.57. The highest BCUT2D eigenvalue weighted by Crippen LogP contribution is 2.17. The quantitative estimate of drug-likeness (QED) is 0.909. The fourth-order valence-electron chi connectivity index (χ4n) is 2.89. The second-order valence-corrected chi connectivity index (χ2v) is 5.62. The fraction of sp³-hybridized carbons (Fsp3) is 0.625. The molecule has 2 saturated heterocycles. The topological polar surface area (TPSA) is 33.7 Å². The fourth-order valence-corrected chi connectivity index (χ4v) is 2.89. The predicted molar refractivity (Wildman–Crippen MR) is 80.1 cm³/mol. The van der Waals surface area contributed by atoms with E-state index in [1.807, 2.05) is 0 Å². The molecular formula is C16H24N2O2. The highest BCUT2D eigenvalue weighted by molar-refractivity contribution is 5.47. The van der Waals surface area contributed by atoms with Crippen LogP contribution in [-0.2, 0) is 16.0 Å². The molecule has 0 amide bonds. The molecule has 1 aromatic rings. The van der Waals surface area contributed by atoms with Crippen LogP contribution in [0.1, 0.15) is 18.9 Å². The van der Waals surface area contributed by atoms with Gasteiger partial charge in [-0.05, 0) is 31.0 Å². The van der Waals surface area contributed by atoms with Crippen molar-refractivity contribution in [3.8, 4) is 0 Å². The summed E-state index contributed by atoms with van der Waals surface area (Å²) in [6.45, 7) is 7.61. The minimum absolute atomic E-state index is 0.336. The summed E-state index contributed by atoms with van der Waals surface area (Å²) >= 11 is 0. The van der Waals surface area contributed by atoms with Crippen LogP contribution in [0.15, 0.2) is 24.3 Å². The Labute approximate surface area is 121 Å². The number of nitrogens with zero attached hydrogens (tertiary/aromatic N) is 1. The number of anilines is 1. The highest BCUT2D eigenvalue weighted by Gasteiger charge is 2.23. The van der Waals surface area contributed by atoms with E-state index in [9.17, 15) is 0 Å². The second kappa shape index (κ2) is 6.57. The molecule has 2 aliphatic rings. The molecule has 2 fully saturated rings. The largest absolute Gasteiger partial charge is 0.378 e. The molecule has 0 aromatic heterocycles. The van der Waals surface area contributed by atoms with E-state index >= 15 is 0 Å². The van der Waals surface area contributed by atoms with E-state index in [0.29, 0.717) is 12.1 Å². The van der Waals surface area contributed by atoms with Gasteiger partial charge in [-0.3, -0.25) is 0 Å². The molecule has 0 spiro atoms. The summed E-state index contributed by atoms with van der Waals surface area (Å²) in [5.74, 6) is 0. The molecule has 0 bridgehead atoms. The van der Waals surface area contributed by atoms with Crippen LogP contribution in [0.4, 0.5) is 5.69 Å². The van der Waals surface area contributed by atoms with Crippen LogP contribution in [0.2, 0.25) is 0 Å². The molecule has 2 aliphatic heterocycles. The smallest absolute Gasteiger partial charge is 0.0700 e. The Balaban J connectivity index is 1.53. The van der Waals surface area contributed by atoms with Gasteiger partial charge in [-0.2, -0.15) is 0 Å². The zero-order valence-corrected chi connectivity index (χ0v) is 12.2. The van der Waals surface area contributed by atoms with Crippen molar-refractivity contribution in [2.75, 3.05) is 37.8 Å². The first-order valence-corrected chi connectivity index (χ1v) is 7.59. The molecule has 1 aromatic carbocycles. The molecule has 4 heteroatoms. The van der Waals surface area contributed by atoms with Crippen molar-refractivity contribution in [3.63, 3.8) is 0 Å². The summed E-state index contributed by atoms with van der Waals surface area (Å²) in [5, 5.41) is 3.59. The summed E-state index contributed by atoms with van der Waals surface area (Å²) in [5.41, 5.74) is 2.63. The van der Waals surface area contributed by atoms with Gasteiger partial charge in [-0.15, -0.1) is 0 Å². The minimum atomic E-state index is 0.336. The molecule has 110 valence electrons. The van der Waals surface area contributed by atoms with Gasteiger partial charge in [0, 0.05) is 38.0 Å². The van der Waals surface area contributed by atoms with Crippen LogP contribution >= 0.6 is 0 Å². The van der Waals surface area contributed by atoms with Gasteiger partial charge < -0.3 is 19.7 Å². The summed E-state index contributed by atoms with van der Waals surface area (Å²) in [4.78, 5) is 2.38. The molecule has 2 unspecified atom stereocenters. The van der Waals surface area contributed by atoms with Crippen molar-refractivity contribution in [2.45, 2.75) is 32.0 Å². The van der Waals surface area contributed by atoms with Crippen LogP contribution in [0, 0.1) is 0 Å².